The SMILES string of the molecule is COC(=O)C1=C(C)NC(C)=C(C(=O)OC[Si](C)(C)C)C1c1cccc([N+](=O)[O-])c1. The molecule has 1 aliphatic rings. The van der Waals surface area contributed by atoms with E-state index in [1.807, 2.05) is 0 Å². The second kappa shape index (κ2) is 8.60. The molecule has 0 amide bonds. The number of ether oxygens (including phenoxy) is 2. The van der Waals surface area contributed by atoms with Gasteiger partial charge in [-0.1, -0.05) is 31.8 Å². The van der Waals surface area contributed by atoms with Crippen molar-refractivity contribution in [1.29, 1.82) is 0 Å². The number of carbonyl (C=O) groups is 2. The molecule has 0 fully saturated rings. The molecule has 0 spiro atoms. The fraction of sp³-hybridized carbons (Fsp3) is 0.400. The van der Waals surface area contributed by atoms with Gasteiger partial charge in [0.15, 0.2) is 0 Å². The molecule has 0 saturated carbocycles. The third-order valence-electron chi connectivity index (χ3n) is 4.44. The number of allylic oxidation sites excluding steroid dienone is 2. The highest BCUT2D eigenvalue weighted by Gasteiger charge is 2.38. The number of nitrogens with one attached hydrogen (secondary N) is 1. The van der Waals surface area contributed by atoms with Crippen LogP contribution in [0.1, 0.15) is 25.3 Å². The first-order valence-electron chi connectivity index (χ1n) is 9.14. The Bertz CT molecular complexity index is 914. The highest BCUT2D eigenvalue weighted by Crippen LogP contribution is 2.40. The molecule has 8 nitrogen and oxygen atoms in total. The van der Waals surface area contributed by atoms with Crippen LogP contribution in [-0.4, -0.2) is 38.3 Å². The van der Waals surface area contributed by atoms with Crippen LogP contribution in [0.3, 0.4) is 0 Å². The fourth-order valence-electron chi connectivity index (χ4n) is 3.16. The Labute approximate surface area is 170 Å². The number of rotatable bonds is 6. The molecule has 0 aliphatic carbocycles. The van der Waals surface area contributed by atoms with Gasteiger partial charge in [0.1, 0.15) is 0 Å². The van der Waals surface area contributed by atoms with Crippen molar-refractivity contribution in [3.05, 3.63) is 62.5 Å². The molecule has 0 saturated heterocycles. The lowest BCUT2D eigenvalue weighted by Gasteiger charge is -2.30. The smallest absolute Gasteiger partial charge is 0.336 e. The number of hydrogen-bond acceptors (Lipinski definition) is 7. The van der Waals surface area contributed by atoms with Gasteiger partial charge in [0.05, 0.1) is 43.4 Å². The molecule has 1 aromatic rings. The molecule has 0 radical (unpaired) electrons. The highest BCUT2D eigenvalue weighted by atomic mass is 28.3. The highest BCUT2D eigenvalue weighted by molar-refractivity contribution is 6.76. The Morgan fingerprint density at radius 3 is 2.24 bits per heavy atom. The second-order valence-electron chi connectivity index (χ2n) is 8.12. The number of nitro benzene ring substituents is 1. The van der Waals surface area contributed by atoms with Gasteiger partial charge in [0.25, 0.3) is 5.69 Å². The van der Waals surface area contributed by atoms with E-state index < -0.39 is 30.9 Å². The molecule has 1 heterocycles. The summed E-state index contributed by atoms with van der Waals surface area (Å²) < 4.78 is 10.5. The van der Waals surface area contributed by atoms with Crippen molar-refractivity contribution in [2.45, 2.75) is 39.4 Å². The van der Waals surface area contributed by atoms with E-state index in [1.165, 1.54) is 25.3 Å². The maximum atomic E-state index is 13.0. The molecule has 0 bridgehead atoms. The number of esters is 2. The van der Waals surface area contributed by atoms with Gasteiger partial charge in [-0.15, -0.1) is 0 Å². The van der Waals surface area contributed by atoms with Crippen LogP contribution in [-0.2, 0) is 19.1 Å². The summed E-state index contributed by atoms with van der Waals surface area (Å²) in [5.74, 6) is -2.00. The predicted octanol–water partition coefficient (Wildman–Crippen LogP) is 3.42. The number of nitrogens with zero attached hydrogens (tertiary/aromatic N) is 1. The van der Waals surface area contributed by atoms with E-state index in [0.717, 1.165) is 0 Å². The first kappa shape index (κ1) is 22.3. The van der Waals surface area contributed by atoms with Gasteiger partial charge >= 0.3 is 11.9 Å². The van der Waals surface area contributed by atoms with E-state index in [1.54, 1.807) is 19.9 Å². The largest absolute Gasteiger partial charge is 0.466 e. The van der Waals surface area contributed by atoms with Crippen molar-refractivity contribution in [3.63, 3.8) is 0 Å². The fourth-order valence-corrected chi connectivity index (χ4v) is 3.72. The molecule has 2 rings (SSSR count). The van der Waals surface area contributed by atoms with E-state index in [4.69, 9.17) is 9.47 Å². The molecule has 29 heavy (non-hydrogen) atoms. The summed E-state index contributed by atoms with van der Waals surface area (Å²) in [6.45, 7) is 9.63. The van der Waals surface area contributed by atoms with Crippen LogP contribution in [0.5, 0.6) is 0 Å². The number of non-ortho nitro benzene ring substituents is 1. The molecular formula is C20H26N2O6Si. The zero-order valence-electron chi connectivity index (χ0n) is 17.5. The summed E-state index contributed by atoms with van der Waals surface area (Å²) >= 11 is 0. The lowest BCUT2D eigenvalue weighted by atomic mass is 9.80. The van der Waals surface area contributed by atoms with Crippen LogP contribution in [0, 0.1) is 10.1 Å². The molecule has 9 heteroatoms. The molecule has 1 unspecified atom stereocenters. The minimum atomic E-state index is -1.67. The quantitative estimate of drug-likeness (QED) is 0.326. The molecule has 1 atom stereocenters. The van der Waals surface area contributed by atoms with Crippen LogP contribution in [0.4, 0.5) is 5.69 Å². The first-order chi connectivity index (χ1) is 13.5. The van der Waals surface area contributed by atoms with Crippen molar-refractivity contribution in [1.82, 2.24) is 5.32 Å². The lowest BCUT2D eigenvalue weighted by Crippen LogP contribution is -2.35. The number of benzene rings is 1. The number of methoxy groups -OCH3 is 1. The van der Waals surface area contributed by atoms with Gasteiger partial charge in [-0.25, -0.2) is 9.59 Å². The van der Waals surface area contributed by atoms with Gasteiger partial charge in [-0.3, -0.25) is 10.1 Å². The molecule has 1 N–H and O–H groups in total. The normalized spacial score (nSPS) is 17.0. The topological polar surface area (TPSA) is 108 Å². The standard InChI is InChI=1S/C20H26N2O6Si/c1-12-16(19(23)27-3)18(14-8-7-9-15(10-14)22(25)26)17(13(2)21-12)20(24)28-11-29(4,5)6/h7-10,18,21H,11H2,1-6H3. The first-order valence-corrected chi connectivity index (χ1v) is 12.9. The van der Waals surface area contributed by atoms with Crippen LogP contribution < -0.4 is 5.32 Å². The van der Waals surface area contributed by atoms with Crippen molar-refractivity contribution < 1.29 is 24.0 Å². The number of hydrogen-bond donors (Lipinski definition) is 1. The van der Waals surface area contributed by atoms with Crippen molar-refractivity contribution in [2.75, 3.05) is 13.3 Å². The molecule has 156 valence electrons. The van der Waals surface area contributed by atoms with E-state index in [9.17, 15) is 19.7 Å². The third kappa shape index (κ3) is 5.11. The third-order valence-corrected chi connectivity index (χ3v) is 5.45. The van der Waals surface area contributed by atoms with Crippen LogP contribution in [0.2, 0.25) is 19.6 Å². The summed E-state index contributed by atoms with van der Waals surface area (Å²) in [4.78, 5) is 36.3. The average molecular weight is 419 g/mol. The second-order valence-corrected chi connectivity index (χ2v) is 13.5. The Kier molecular flexibility index (Phi) is 6.63. The number of nitro groups is 1. The van der Waals surface area contributed by atoms with Crippen LogP contribution in [0.25, 0.3) is 0 Å². The van der Waals surface area contributed by atoms with Crippen molar-refractivity contribution >= 4 is 25.7 Å². The van der Waals surface area contributed by atoms with Gasteiger partial charge < -0.3 is 14.8 Å². The molecule has 0 aromatic heterocycles. The van der Waals surface area contributed by atoms with Gasteiger partial charge in [-0.2, -0.15) is 0 Å². The average Bonchev–Trinajstić information content (AvgIpc) is 2.64. The monoisotopic (exact) mass is 418 g/mol. The van der Waals surface area contributed by atoms with E-state index in [0.29, 0.717) is 23.2 Å². The van der Waals surface area contributed by atoms with Crippen LogP contribution in [0.15, 0.2) is 46.8 Å². The number of carbonyl (C=O) groups excluding carboxylic acids is 2. The van der Waals surface area contributed by atoms with Crippen LogP contribution >= 0.6 is 0 Å². The van der Waals surface area contributed by atoms with Gasteiger partial charge in [-0.05, 0) is 19.4 Å². The Morgan fingerprint density at radius 1 is 1.14 bits per heavy atom. The maximum absolute atomic E-state index is 13.0. The Hall–Kier alpha value is -2.94. The molecular weight excluding hydrogens is 392 g/mol. The Balaban J connectivity index is 2.62. The van der Waals surface area contributed by atoms with Gasteiger partial charge in [0.2, 0.25) is 0 Å². The Morgan fingerprint density at radius 2 is 1.72 bits per heavy atom. The summed E-state index contributed by atoms with van der Waals surface area (Å²) in [5.41, 5.74) is 1.84. The predicted molar refractivity (Wildman–Crippen MR) is 111 cm³/mol. The molecule has 1 aliphatic heterocycles. The number of dihydropyridines is 1. The van der Waals surface area contributed by atoms with E-state index in [-0.39, 0.29) is 16.8 Å². The van der Waals surface area contributed by atoms with Crippen molar-refractivity contribution in [2.24, 2.45) is 0 Å². The zero-order chi connectivity index (χ0) is 21.9. The van der Waals surface area contributed by atoms with E-state index >= 15 is 0 Å². The minimum absolute atomic E-state index is 0.129. The minimum Gasteiger partial charge on any atom is -0.466 e. The summed E-state index contributed by atoms with van der Waals surface area (Å²) in [5, 5.41) is 14.3. The molecule has 1 aromatic carbocycles. The lowest BCUT2D eigenvalue weighted by molar-refractivity contribution is -0.384. The summed E-state index contributed by atoms with van der Waals surface area (Å²) in [7, 11) is -0.417. The van der Waals surface area contributed by atoms with Gasteiger partial charge in [0, 0.05) is 23.5 Å². The summed E-state index contributed by atoms with van der Waals surface area (Å²) in [6.07, 6.45) is 0.320. The zero-order valence-corrected chi connectivity index (χ0v) is 18.5. The van der Waals surface area contributed by atoms with Crippen molar-refractivity contribution in [3.8, 4) is 0 Å². The summed E-state index contributed by atoms with van der Waals surface area (Å²) in [6, 6.07) is 5.91. The maximum Gasteiger partial charge on any atom is 0.336 e. The van der Waals surface area contributed by atoms with E-state index in [2.05, 4.69) is 25.0 Å².